The number of benzene rings is 1. The molecule has 3 amide bonds. The molecular weight excluding hydrogens is 384 g/mol. The number of hydrogen-bond acceptors (Lipinski definition) is 5. The number of carbonyl (C=O) groups excluding carboxylic acids is 4. The summed E-state index contributed by atoms with van der Waals surface area (Å²) in [7, 11) is 1.93. The van der Waals surface area contributed by atoms with Crippen molar-refractivity contribution in [2.45, 2.75) is 54.0 Å². The van der Waals surface area contributed by atoms with Crippen LogP contribution in [0.15, 0.2) is 30.3 Å². The zero-order valence-electron chi connectivity index (χ0n) is 19.5. The lowest BCUT2D eigenvalue weighted by molar-refractivity contribution is -0.129. The van der Waals surface area contributed by atoms with Crippen LogP contribution in [0.2, 0.25) is 0 Å². The third-order valence-corrected chi connectivity index (χ3v) is 3.15. The highest BCUT2D eigenvalue weighted by atomic mass is 16.2. The lowest BCUT2D eigenvalue weighted by atomic mass is 10.1. The van der Waals surface area contributed by atoms with E-state index in [9.17, 15) is 19.2 Å². The summed E-state index contributed by atoms with van der Waals surface area (Å²) < 4.78 is 0. The molecule has 0 radical (unpaired) electrons. The zero-order chi connectivity index (χ0) is 23.8. The number of carbonyl (C=O) groups is 4. The molecule has 1 aromatic carbocycles. The van der Waals surface area contributed by atoms with E-state index >= 15 is 0 Å². The van der Waals surface area contributed by atoms with Crippen molar-refractivity contribution < 1.29 is 19.2 Å². The summed E-state index contributed by atoms with van der Waals surface area (Å²) in [5.41, 5.74) is 0.870. The van der Waals surface area contributed by atoms with Crippen molar-refractivity contribution in [1.82, 2.24) is 21.3 Å². The van der Waals surface area contributed by atoms with Gasteiger partial charge < -0.3 is 21.3 Å². The number of Topliss-reactive ketones (excluding diaryl/α,β-unsaturated/α-hetero) is 1. The van der Waals surface area contributed by atoms with Crippen molar-refractivity contribution in [1.29, 1.82) is 0 Å². The summed E-state index contributed by atoms with van der Waals surface area (Å²) >= 11 is 0. The van der Waals surface area contributed by atoms with Gasteiger partial charge in [-0.3, -0.25) is 19.2 Å². The summed E-state index contributed by atoms with van der Waals surface area (Å²) in [4.78, 5) is 44.9. The highest BCUT2D eigenvalue weighted by Gasteiger charge is 2.21. The zero-order valence-corrected chi connectivity index (χ0v) is 19.5. The number of nitrogens with one attached hydrogen (secondary N) is 4. The van der Waals surface area contributed by atoms with Crippen LogP contribution in [0.25, 0.3) is 0 Å². The Bertz CT molecular complexity index is 564. The van der Waals surface area contributed by atoms with Gasteiger partial charge in [0.05, 0.1) is 13.1 Å². The molecule has 0 spiro atoms. The Morgan fingerprint density at radius 3 is 1.97 bits per heavy atom. The van der Waals surface area contributed by atoms with E-state index in [0.717, 1.165) is 12.1 Å². The van der Waals surface area contributed by atoms with Crippen molar-refractivity contribution >= 4 is 24.0 Å². The van der Waals surface area contributed by atoms with Crippen LogP contribution in [0.1, 0.15) is 47.1 Å². The molecule has 1 atom stereocenters. The van der Waals surface area contributed by atoms with Gasteiger partial charge in [-0.15, -0.1) is 0 Å². The van der Waals surface area contributed by atoms with E-state index in [1.165, 1.54) is 6.92 Å². The average molecular weight is 425 g/mol. The first-order chi connectivity index (χ1) is 14.4. The molecule has 0 aliphatic heterocycles. The molecule has 0 fully saturated rings. The molecule has 8 nitrogen and oxygen atoms in total. The SMILES string of the molecule is CC.CC.CC(=O)CNC(=O)C(Cc1ccccc1)NC(=O)CNC=O.CCNC. The predicted molar refractivity (Wildman–Crippen MR) is 122 cm³/mol. The van der Waals surface area contributed by atoms with Crippen molar-refractivity contribution in [3.05, 3.63) is 35.9 Å². The maximum absolute atomic E-state index is 12.1. The van der Waals surface area contributed by atoms with Crippen LogP contribution in [0, 0.1) is 0 Å². The second-order valence-corrected chi connectivity index (χ2v) is 5.44. The molecule has 0 saturated heterocycles. The number of rotatable bonds is 10. The van der Waals surface area contributed by atoms with Gasteiger partial charge in [-0.25, -0.2) is 0 Å². The molecular formula is C22H40N4O4. The first kappa shape index (κ1) is 31.9. The molecule has 0 aromatic heterocycles. The minimum atomic E-state index is -0.817. The molecule has 0 aliphatic rings. The van der Waals surface area contributed by atoms with Crippen molar-refractivity contribution in [3.63, 3.8) is 0 Å². The average Bonchev–Trinajstić information content (AvgIpc) is 2.79. The first-order valence-corrected chi connectivity index (χ1v) is 10.4. The lowest BCUT2D eigenvalue weighted by Crippen LogP contribution is -2.50. The molecule has 8 heteroatoms. The highest BCUT2D eigenvalue weighted by Crippen LogP contribution is 2.03. The van der Waals surface area contributed by atoms with E-state index in [4.69, 9.17) is 0 Å². The predicted octanol–water partition coefficient (Wildman–Crippen LogP) is 1.44. The monoisotopic (exact) mass is 424 g/mol. The van der Waals surface area contributed by atoms with E-state index < -0.39 is 17.9 Å². The van der Waals surface area contributed by atoms with Crippen molar-refractivity contribution in [3.8, 4) is 0 Å². The molecule has 1 rings (SSSR count). The van der Waals surface area contributed by atoms with Crippen LogP contribution in [0.5, 0.6) is 0 Å². The van der Waals surface area contributed by atoms with E-state index in [1.54, 1.807) is 0 Å². The Morgan fingerprint density at radius 2 is 1.53 bits per heavy atom. The largest absolute Gasteiger partial charge is 0.350 e. The second-order valence-electron chi connectivity index (χ2n) is 5.44. The molecule has 172 valence electrons. The van der Waals surface area contributed by atoms with E-state index in [0.29, 0.717) is 6.41 Å². The molecule has 1 unspecified atom stereocenters. The molecule has 0 aliphatic carbocycles. The Labute approximate surface area is 181 Å². The van der Waals surface area contributed by atoms with Crippen molar-refractivity contribution in [2.24, 2.45) is 0 Å². The Balaban J connectivity index is -0.000000793. The minimum Gasteiger partial charge on any atom is -0.350 e. The van der Waals surface area contributed by atoms with Gasteiger partial charge in [0.25, 0.3) is 0 Å². The Kier molecular flexibility index (Phi) is 25.9. The first-order valence-electron chi connectivity index (χ1n) is 10.4. The molecule has 4 N–H and O–H groups in total. The third-order valence-electron chi connectivity index (χ3n) is 3.15. The van der Waals surface area contributed by atoms with Crippen LogP contribution >= 0.6 is 0 Å². The van der Waals surface area contributed by atoms with Crippen LogP contribution in [-0.4, -0.2) is 56.7 Å². The highest BCUT2D eigenvalue weighted by molar-refractivity contribution is 5.91. The Morgan fingerprint density at radius 1 is 1.00 bits per heavy atom. The third kappa shape index (κ3) is 20.0. The molecule has 0 heterocycles. The lowest BCUT2D eigenvalue weighted by Gasteiger charge is -2.18. The van der Waals surface area contributed by atoms with E-state index in [1.807, 2.05) is 65.1 Å². The second kappa shape index (κ2) is 24.3. The van der Waals surface area contributed by atoms with E-state index in [2.05, 4.69) is 28.2 Å². The van der Waals surface area contributed by atoms with Gasteiger partial charge in [0, 0.05) is 6.42 Å². The number of amides is 3. The number of ketones is 1. The fraction of sp³-hybridized carbons (Fsp3) is 0.545. The standard InChI is InChI=1S/C15H19N3O4.C3H9N.2C2H6/c1-11(20)8-17-15(22)13(18-14(21)9-16-10-19)7-12-5-3-2-4-6-12;1-3-4-2;2*1-2/h2-6,10,13H,7-9H2,1H3,(H,16,19)(H,17,22)(H,18,21);4H,3H2,1-2H3;2*1-2H3. The smallest absolute Gasteiger partial charge is 0.243 e. The van der Waals surface area contributed by atoms with E-state index in [-0.39, 0.29) is 25.3 Å². The van der Waals surface area contributed by atoms with Gasteiger partial charge in [-0.1, -0.05) is 65.0 Å². The maximum Gasteiger partial charge on any atom is 0.243 e. The van der Waals surface area contributed by atoms with Gasteiger partial charge in [0.2, 0.25) is 18.2 Å². The summed E-state index contributed by atoms with van der Waals surface area (Å²) in [6.07, 6.45) is 0.693. The quantitative estimate of drug-likeness (QED) is 0.424. The summed E-state index contributed by atoms with van der Waals surface area (Å²) in [6, 6.07) is 8.36. The van der Waals surface area contributed by atoms with Gasteiger partial charge in [0.15, 0.2) is 0 Å². The number of hydrogen-bond donors (Lipinski definition) is 4. The van der Waals surface area contributed by atoms with Crippen molar-refractivity contribution in [2.75, 3.05) is 26.7 Å². The van der Waals surface area contributed by atoms with Crippen LogP contribution in [0.4, 0.5) is 0 Å². The van der Waals surface area contributed by atoms with Crippen LogP contribution in [-0.2, 0) is 25.6 Å². The van der Waals surface area contributed by atoms with Crippen LogP contribution in [0.3, 0.4) is 0 Å². The summed E-state index contributed by atoms with van der Waals surface area (Å²) in [5, 5.41) is 10.2. The minimum absolute atomic E-state index is 0.0907. The topological polar surface area (TPSA) is 116 Å². The molecule has 1 aromatic rings. The van der Waals surface area contributed by atoms with Crippen LogP contribution < -0.4 is 21.3 Å². The molecule has 0 bridgehead atoms. The molecule has 30 heavy (non-hydrogen) atoms. The summed E-state index contributed by atoms with van der Waals surface area (Å²) in [6.45, 7) is 12.2. The normalized spacial score (nSPS) is 9.57. The fourth-order valence-electron chi connectivity index (χ4n) is 1.77. The van der Waals surface area contributed by atoms with Gasteiger partial charge in [-0.2, -0.15) is 0 Å². The van der Waals surface area contributed by atoms with Gasteiger partial charge in [0.1, 0.15) is 11.8 Å². The Hall–Kier alpha value is -2.74. The summed E-state index contributed by atoms with van der Waals surface area (Å²) in [5.74, 6) is -1.11. The van der Waals surface area contributed by atoms with Gasteiger partial charge >= 0.3 is 0 Å². The van der Waals surface area contributed by atoms with Gasteiger partial charge in [-0.05, 0) is 26.1 Å². The fourth-order valence-corrected chi connectivity index (χ4v) is 1.77. The maximum atomic E-state index is 12.1. The molecule has 0 saturated carbocycles.